The number of nitrogen functional groups attached to an aromatic ring is 1. The van der Waals surface area contributed by atoms with E-state index in [0.717, 1.165) is 12.4 Å². The van der Waals surface area contributed by atoms with E-state index >= 15 is 0 Å². The number of aromatic nitrogens is 2. The summed E-state index contributed by atoms with van der Waals surface area (Å²) in [4.78, 5) is 6.38. The van der Waals surface area contributed by atoms with Crippen molar-refractivity contribution in [1.29, 1.82) is 0 Å². The lowest BCUT2D eigenvalue weighted by Crippen LogP contribution is -2.01. The normalized spacial score (nSPS) is 11.4. The van der Waals surface area contributed by atoms with Crippen molar-refractivity contribution in [3.05, 3.63) is 12.4 Å². The summed E-state index contributed by atoms with van der Waals surface area (Å²) in [6.45, 7) is 0. The quantitative estimate of drug-likeness (QED) is 0.547. The second kappa shape index (κ2) is 2.44. The van der Waals surface area contributed by atoms with Crippen molar-refractivity contribution in [3.63, 3.8) is 0 Å². The molecule has 0 aliphatic rings. The van der Waals surface area contributed by atoms with Crippen molar-refractivity contribution < 1.29 is 13.0 Å². The minimum atomic E-state index is -4.20. The van der Waals surface area contributed by atoms with E-state index in [1.165, 1.54) is 0 Å². The number of nitrogens with two attached hydrogens (primary N) is 1. The first-order valence-electron chi connectivity index (χ1n) is 2.55. The van der Waals surface area contributed by atoms with Gasteiger partial charge < -0.3 is 5.73 Å². The summed E-state index contributed by atoms with van der Waals surface area (Å²) in [6, 6.07) is 0. The van der Waals surface area contributed by atoms with Crippen LogP contribution in [0.3, 0.4) is 0 Å². The molecule has 0 bridgehead atoms. The van der Waals surface area contributed by atoms with Gasteiger partial charge in [0.05, 0.1) is 12.4 Å². The van der Waals surface area contributed by atoms with E-state index in [-0.39, 0.29) is 10.8 Å². The van der Waals surface area contributed by atoms with Crippen LogP contribution >= 0.6 is 0 Å². The van der Waals surface area contributed by atoms with Crippen LogP contribution in [0.2, 0.25) is 0 Å². The summed E-state index contributed by atoms with van der Waals surface area (Å²) >= 11 is 0. The molecule has 6 nitrogen and oxygen atoms in total. The fourth-order valence-corrected chi connectivity index (χ4v) is 0.831. The molecule has 0 amide bonds. The van der Waals surface area contributed by atoms with Crippen molar-refractivity contribution in [1.82, 2.24) is 9.97 Å². The van der Waals surface area contributed by atoms with E-state index in [2.05, 4.69) is 9.97 Å². The first kappa shape index (κ1) is 7.89. The molecule has 1 heterocycles. The van der Waals surface area contributed by atoms with E-state index in [1.807, 2.05) is 0 Å². The van der Waals surface area contributed by atoms with Gasteiger partial charge in [-0.05, 0) is 0 Å². The maximum absolute atomic E-state index is 10.4. The van der Waals surface area contributed by atoms with Gasteiger partial charge in [0, 0.05) is 0 Å². The molecule has 0 unspecified atom stereocenters. The first-order chi connectivity index (χ1) is 5.00. The Balaban J connectivity index is 3.20. The third kappa shape index (κ3) is 1.85. The molecule has 3 N–H and O–H groups in total. The van der Waals surface area contributed by atoms with Gasteiger partial charge in [-0.2, -0.15) is 8.42 Å². The molecule has 0 spiro atoms. The second-order valence-corrected chi connectivity index (χ2v) is 3.17. The van der Waals surface area contributed by atoms with Gasteiger partial charge in [0.1, 0.15) is 4.90 Å². The van der Waals surface area contributed by atoms with Crippen LogP contribution in [0.4, 0.5) is 5.95 Å². The van der Waals surface area contributed by atoms with Crippen molar-refractivity contribution in [2.75, 3.05) is 5.73 Å². The molecule has 0 fully saturated rings. The van der Waals surface area contributed by atoms with E-state index in [4.69, 9.17) is 10.3 Å². The van der Waals surface area contributed by atoms with Crippen molar-refractivity contribution >= 4 is 16.1 Å². The highest BCUT2D eigenvalue weighted by Gasteiger charge is 2.09. The van der Waals surface area contributed by atoms with Crippen molar-refractivity contribution in [3.8, 4) is 0 Å². The minimum Gasteiger partial charge on any atom is -0.368 e. The summed E-state index contributed by atoms with van der Waals surface area (Å²) in [5, 5.41) is 0. The van der Waals surface area contributed by atoms with Crippen LogP contribution in [0.5, 0.6) is 0 Å². The fourth-order valence-electron chi connectivity index (χ4n) is 0.459. The summed E-state index contributed by atoms with van der Waals surface area (Å²) in [7, 11) is -4.20. The monoisotopic (exact) mass is 175 g/mol. The summed E-state index contributed by atoms with van der Waals surface area (Å²) in [5.41, 5.74) is 5.07. The van der Waals surface area contributed by atoms with Gasteiger partial charge >= 0.3 is 0 Å². The van der Waals surface area contributed by atoms with Crippen LogP contribution in [0.15, 0.2) is 17.3 Å². The van der Waals surface area contributed by atoms with Crippen LogP contribution in [-0.2, 0) is 10.1 Å². The van der Waals surface area contributed by atoms with E-state index < -0.39 is 10.1 Å². The van der Waals surface area contributed by atoms with Gasteiger partial charge in [0.2, 0.25) is 5.95 Å². The van der Waals surface area contributed by atoms with Gasteiger partial charge in [-0.3, -0.25) is 4.55 Å². The fraction of sp³-hybridized carbons (Fsp3) is 0. The molecule has 1 aromatic rings. The zero-order chi connectivity index (χ0) is 8.48. The van der Waals surface area contributed by atoms with Crippen LogP contribution < -0.4 is 5.73 Å². The van der Waals surface area contributed by atoms with Crippen LogP contribution in [0.1, 0.15) is 0 Å². The highest BCUT2D eigenvalue weighted by Crippen LogP contribution is 2.03. The van der Waals surface area contributed by atoms with Crippen molar-refractivity contribution in [2.24, 2.45) is 0 Å². The predicted molar refractivity (Wildman–Crippen MR) is 36.3 cm³/mol. The summed E-state index contributed by atoms with van der Waals surface area (Å²) < 4.78 is 29.2. The number of nitrogens with zero attached hydrogens (tertiary/aromatic N) is 2. The van der Waals surface area contributed by atoms with Crippen LogP contribution in [0.25, 0.3) is 0 Å². The Hall–Kier alpha value is -1.21. The van der Waals surface area contributed by atoms with Gasteiger partial charge in [-0.15, -0.1) is 0 Å². The molecule has 7 heteroatoms. The Bertz CT molecular complexity index is 343. The van der Waals surface area contributed by atoms with Gasteiger partial charge in [0.15, 0.2) is 0 Å². The molecule has 0 saturated carbocycles. The zero-order valence-corrected chi connectivity index (χ0v) is 6.11. The lowest BCUT2D eigenvalue weighted by molar-refractivity contribution is 0.482. The Morgan fingerprint density at radius 2 is 1.82 bits per heavy atom. The maximum Gasteiger partial charge on any atom is 0.297 e. The lowest BCUT2D eigenvalue weighted by atomic mass is 10.7. The zero-order valence-electron chi connectivity index (χ0n) is 5.30. The second-order valence-electron chi connectivity index (χ2n) is 1.75. The van der Waals surface area contributed by atoms with Gasteiger partial charge in [-0.1, -0.05) is 0 Å². The first-order valence-corrected chi connectivity index (χ1v) is 3.99. The number of hydrogen-bond acceptors (Lipinski definition) is 5. The van der Waals surface area contributed by atoms with Crippen molar-refractivity contribution in [2.45, 2.75) is 4.90 Å². The molecule has 0 saturated heterocycles. The summed E-state index contributed by atoms with van der Waals surface area (Å²) in [5.74, 6) is -0.0441. The molecule has 0 radical (unpaired) electrons. The Morgan fingerprint density at radius 1 is 1.36 bits per heavy atom. The van der Waals surface area contributed by atoms with Gasteiger partial charge in [0.25, 0.3) is 10.1 Å². The Kier molecular flexibility index (Phi) is 1.75. The average molecular weight is 175 g/mol. The SMILES string of the molecule is Nc1ncc(S(=O)(=O)O)cn1. The number of rotatable bonds is 1. The maximum atomic E-state index is 10.4. The Labute approximate surface area is 62.8 Å². The molecule has 0 aliphatic carbocycles. The van der Waals surface area contributed by atoms with Crippen LogP contribution in [0, 0.1) is 0 Å². The highest BCUT2D eigenvalue weighted by molar-refractivity contribution is 7.85. The van der Waals surface area contributed by atoms with Gasteiger partial charge in [-0.25, -0.2) is 9.97 Å². The smallest absolute Gasteiger partial charge is 0.297 e. The average Bonchev–Trinajstić information content (AvgIpc) is 1.86. The van der Waals surface area contributed by atoms with Crippen LogP contribution in [-0.4, -0.2) is 22.9 Å². The molecule has 0 aliphatic heterocycles. The van der Waals surface area contributed by atoms with E-state index in [9.17, 15) is 8.42 Å². The molecule has 60 valence electrons. The third-order valence-electron chi connectivity index (χ3n) is 0.946. The highest BCUT2D eigenvalue weighted by atomic mass is 32.2. The summed E-state index contributed by atoms with van der Waals surface area (Å²) in [6.07, 6.45) is 1.86. The largest absolute Gasteiger partial charge is 0.368 e. The van der Waals surface area contributed by atoms with E-state index in [0.29, 0.717) is 0 Å². The molecule has 1 rings (SSSR count). The number of anilines is 1. The Morgan fingerprint density at radius 3 is 2.18 bits per heavy atom. The lowest BCUT2D eigenvalue weighted by Gasteiger charge is -1.93. The number of hydrogen-bond donors (Lipinski definition) is 2. The standard InChI is InChI=1S/C4H5N3O3S/c5-4-6-1-3(2-7-4)11(8,9)10/h1-2H,(H2,5,6,7)(H,8,9,10). The molecule has 1 aromatic heterocycles. The molecule has 0 atom stereocenters. The van der Waals surface area contributed by atoms with E-state index in [1.54, 1.807) is 0 Å². The molecular weight excluding hydrogens is 170 g/mol. The predicted octanol–water partition coefficient (Wildman–Crippen LogP) is -0.694. The molecule has 0 aromatic carbocycles. The molecule has 11 heavy (non-hydrogen) atoms. The third-order valence-corrected chi connectivity index (χ3v) is 1.75. The molecular formula is C4H5N3O3S. The topological polar surface area (TPSA) is 106 Å². The minimum absolute atomic E-state index is 0.0441.